The Morgan fingerprint density at radius 2 is 2.15 bits per heavy atom. The van der Waals surface area contributed by atoms with Crippen LogP contribution >= 0.6 is 11.6 Å². The number of hydrogen-bond acceptors (Lipinski definition) is 2. The average Bonchev–Trinajstić information content (AvgIpc) is 2.94. The quantitative estimate of drug-likeness (QED) is 0.827. The molecule has 1 aromatic heterocycles. The molecule has 0 aliphatic rings. The summed E-state index contributed by atoms with van der Waals surface area (Å²) in [5.74, 6) is 0.615. The van der Waals surface area contributed by atoms with E-state index in [1.54, 1.807) is 12.3 Å². The van der Waals surface area contributed by atoms with Gasteiger partial charge in [-0.15, -0.1) is 0 Å². The van der Waals surface area contributed by atoms with E-state index in [2.05, 4.69) is 12.2 Å². The Kier molecular flexibility index (Phi) is 5.62. The van der Waals surface area contributed by atoms with Gasteiger partial charge in [-0.3, -0.25) is 0 Å². The molecule has 0 saturated heterocycles. The molecule has 0 bridgehead atoms. The van der Waals surface area contributed by atoms with Crippen LogP contribution in [0.3, 0.4) is 0 Å². The van der Waals surface area contributed by atoms with Crippen molar-refractivity contribution in [2.24, 2.45) is 0 Å². The van der Waals surface area contributed by atoms with Gasteiger partial charge in [0.25, 0.3) is 0 Å². The van der Waals surface area contributed by atoms with E-state index in [1.807, 2.05) is 18.2 Å². The summed E-state index contributed by atoms with van der Waals surface area (Å²) in [6.45, 7) is 2.93. The fourth-order valence-corrected chi connectivity index (χ4v) is 2.51. The minimum absolute atomic E-state index is 0.230. The lowest BCUT2D eigenvalue weighted by Crippen LogP contribution is -2.31. The smallest absolute Gasteiger partial charge is 0.142 e. The monoisotopic (exact) mass is 295 g/mol. The molecule has 0 spiro atoms. The second kappa shape index (κ2) is 7.46. The lowest BCUT2D eigenvalue weighted by Gasteiger charge is -2.18. The van der Waals surface area contributed by atoms with Crippen molar-refractivity contribution in [2.75, 3.05) is 6.54 Å². The zero-order valence-corrected chi connectivity index (χ0v) is 12.3. The van der Waals surface area contributed by atoms with Crippen molar-refractivity contribution in [2.45, 2.75) is 32.2 Å². The first-order valence-corrected chi connectivity index (χ1v) is 7.27. The zero-order valence-electron chi connectivity index (χ0n) is 11.5. The van der Waals surface area contributed by atoms with Crippen molar-refractivity contribution in [3.05, 3.63) is 58.8 Å². The van der Waals surface area contributed by atoms with E-state index in [0.29, 0.717) is 6.42 Å². The average molecular weight is 296 g/mol. The van der Waals surface area contributed by atoms with Gasteiger partial charge >= 0.3 is 0 Å². The van der Waals surface area contributed by atoms with Crippen molar-refractivity contribution >= 4 is 11.6 Å². The van der Waals surface area contributed by atoms with Crippen LogP contribution in [0.2, 0.25) is 5.02 Å². The van der Waals surface area contributed by atoms with Crippen LogP contribution in [-0.4, -0.2) is 12.6 Å². The van der Waals surface area contributed by atoms with Crippen LogP contribution < -0.4 is 5.32 Å². The lowest BCUT2D eigenvalue weighted by molar-refractivity contribution is 0.447. The Balaban J connectivity index is 1.99. The third-order valence-corrected chi connectivity index (χ3v) is 3.73. The number of rotatable bonds is 7. The van der Waals surface area contributed by atoms with Crippen LogP contribution in [0.25, 0.3) is 0 Å². The molecule has 1 atom stereocenters. The molecule has 4 heteroatoms. The molecule has 0 radical (unpaired) electrons. The first-order valence-electron chi connectivity index (χ1n) is 6.89. The molecule has 0 aliphatic carbocycles. The molecular formula is C16H19ClFNO. The minimum Gasteiger partial charge on any atom is -0.469 e. The van der Waals surface area contributed by atoms with Crippen LogP contribution in [0.15, 0.2) is 41.0 Å². The summed E-state index contributed by atoms with van der Waals surface area (Å²) in [7, 11) is 0. The molecule has 0 aliphatic heterocycles. The van der Waals surface area contributed by atoms with Crippen LogP contribution in [0.1, 0.15) is 24.7 Å². The molecular weight excluding hydrogens is 277 g/mol. The number of halogens is 2. The van der Waals surface area contributed by atoms with Crippen molar-refractivity contribution in [1.29, 1.82) is 0 Å². The van der Waals surface area contributed by atoms with E-state index in [0.717, 1.165) is 30.7 Å². The van der Waals surface area contributed by atoms with E-state index < -0.39 is 0 Å². The molecule has 0 fully saturated rings. The molecule has 2 aromatic rings. The molecule has 2 rings (SSSR count). The summed E-state index contributed by atoms with van der Waals surface area (Å²) in [5, 5.41) is 3.65. The molecule has 1 N–H and O–H groups in total. The van der Waals surface area contributed by atoms with Gasteiger partial charge in [-0.25, -0.2) is 4.39 Å². The molecule has 0 saturated carbocycles. The molecule has 1 heterocycles. The van der Waals surface area contributed by atoms with E-state index >= 15 is 0 Å². The second-order valence-corrected chi connectivity index (χ2v) is 5.17. The van der Waals surface area contributed by atoms with Crippen LogP contribution in [0, 0.1) is 5.82 Å². The summed E-state index contributed by atoms with van der Waals surface area (Å²) >= 11 is 6.02. The molecule has 1 unspecified atom stereocenters. The third-order valence-electron chi connectivity index (χ3n) is 3.31. The topological polar surface area (TPSA) is 25.2 Å². The first-order chi connectivity index (χ1) is 9.70. The predicted molar refractivity (Wildman–Crippen MR) is 79.6 cm³/mol. The maximum absolute atomic E-state index is 13.5. The van der Waals surface area contributed by atoms with Crippen LogP contribution in [0.5, 0.6) is 0 Å². The van der Waals surface area contributed by atoms with Gasteiger partial charge in [-0.05, 0) is 43.1 Å². The SMILES string of the molecule is CCNC(CCc1ccco1)Cc1cccc(F)c1Cl. The van der Waals surface area contributed by atoms with Gasteiger partial charge in [0.1, 0.15) is 11.6 Å². The number of aryl methyl sites for hydroxylation is 1. The Bertz CT molecular complexity index is 527. The molecule has 1 aromatic carbocycles. The summed E-state index contributed by atoms with van der Waals surface area (Å²) in [6.07, 6.45) is 4.18. The number of hydrogen-bond donors (Lipinski definition) is 1. The van der Waals surface area contributed by atoms with Gasteiger partial charge in [0.15, 0.2) is 0 Å². The van der Waals surface area contributed by atoms with Gasteiger partial charge in [0, 0.05) is 12.5 Å². The van der Waals surface area contributed by atoms with E-state index in [4.69, 9.17) is 16.0 Å². The Labute approximate surface area is 123 Å². The van der Waals surface area contributed by atoms with E-state index in [9.17, 15) is 4.39 Å². The van der Waals surface area contributed by atoms with Crippen molar-refractivity contribution in [3.8, 4) is 0 Å². The number of likely N-dealkylation sites (N-methyl/N-ethyl adjacent to an activating group) is 1. The van der Waals surface area contributed by atoms with Crippen molar-refractivity contribution in [3.63, 3.8) is 0 Å². The summed E-state index contributed by atoms with van der Waals surface area (Å²) in [5.41, 5.74) is 0.845. The Morgan fingerprint density at radius 3 is 2.85 bits per heavy atom. The number of furan rings is 1. The van der Waals surface area contributed by atoms with E-state index in [-0.39, 0.29) is 16.9 Å². The maximum Gasteiger partial charge on any atom is 0.142 e. The van der Waals surface area contributed by atoms with Crippen molar-refractivity contribution < 1.29 is 8.81 Å². The largest absolute Gasteiger partial charge is 0.469 e. The fourth-order valence-electron chi connectivity index (χ4n) is 2.31. The molecule has 0 amide bonds. The summed E-state index contributed by atoms with van der Waals surface area (Å²) in [6, 6.07) is 9.08. The summed E-state index contributed by atoms with van der Waals surface area (Å²) < 4.78 is 18.8. The highest BCUT2D eigenvalue weighted by atomic mass is 35.5. The highest BCUT2D eigenvalue weighted by Gasteiger charge is 2.13. The number of benzene rings is 1. The zero-order chi connectivity index (χ0) is 14.4. The molecule has 20 heavy (non-hydrogen) atoms. The van der Waals surface area contributed by atoms with Gasteiger partial charge in [-0.1, -0.05) is 30.7 Å². The van der Waals surface area contributed by atoms with Gasteiger partial charge < -0.3 is 9.73 Å². The lowest BCUT2D eigenvalue weighted by atomic mass is 10.0. The van der Waals surface area contributed by atoms with Gasteiger partial charge in [0.2, 0.25) is 0 Å². The fraction of sp³-hybridized carbons (Fsp3) is 0.375. The van der Waals surface area contributed by atoms with E-state index in [1.165, 1.54) is 6.07 Å². The van der Waals surface area contributed by atoms with Gasteiger partial charge in [-0.2, -0.15) is 0 Å². The normalized spacial score (nSPS) is 12.6. The van der Waals surface area contributed by atoms with Crippen molar-refractivity contribution in [1.82, 2.24) is 5.32 Å². The maximum atomic E-state index is 13.5. The first kappa shape index (κ1) is 15.1. The van der Waals surface area contributed by atoms with Gasteiger partial charge in [0.05, 0.1) is 11.3 Å². The Morgan fingerprint density at radius 1 is 1.30 bits per heavy atom. The third kappa shape index (κ3) is 4.09. The molecule has 2 nitrogen and oxygen atoms in total. The predicted octanol–water partition coefficient (Wildman–Crippen LogP) is 4.23. The number of nitrogens with one attached hydrogen (secondary N) is 1. The second-order valence-electron chi connectivity index (χ2n) is 4.79. The highest BCUT2D eigenvalue weighted by molar-refractivity contribution is 6.31. The minimum atomic E-state index is -0.356. The molecule has 108 valence electrons. The Hall–Kier alpha value is -1.32. The van der Waals surface area contributed by atoms with Crippen LogP contribution in [0.4, 0.5) is 4.39 Å². The van der Waals surface area contributed by atoms with Crippen LogP contribution in [-0.2, 0) is 12.8 Å². The summed E-state index contributed by atoms with van der Waals surface area (Å²) in [4.78, 5) is 0. The standard InChI is InChI=1S/C16H19ClFNO/c1-2-19-13(8-9-14-6-4-10-20-14)11-12-5-3-7-15(18)16(12)17/h3-7,10,13,19H,2,8-9,11H2,1H3. The highest BCUT2D eigenvalue weighted by Crippen LogP contribution is 2.22.